The van der Waals surface area contributed by atoms with Gasteiger partial charge in [-0.1, -0.05) is 6.07 Å². The zero-order valence-corrected chi connectivity index (χ0v) is 14.4. The number of ether oxygens (including phenoxy) is 1. The maximum absolute atomic E-state index is 13.9. The van der Waals surface area contributed by atoms with Crippen LogP contribution in [-0.4, -0.2) is 17.6 Å². The van der Waals surface area contributed by atoms with E-state index in [1.54, 1.807) is 0 Å². The number of benzene rings is 1. The fraction of sp³-hybridized carbons (Fsp3) is 0.421. The number of hydrogen-bond donors (Lipinski definition) is 3. The molecule has 6 N–H and O–H groups in total. The normalized spacial score (nSPS) is 22.4. The van der Waals surface area contributed by atoms with Crippen LogP contribution < -0.4 is 17.2 Å². The summed E-state index contributed by atoms with van der Waals surface area (Å²) in [5.41, 5.74) is 17.9. The van der Waals surface area contributed by atoms with Gasteiger partial charge in [0.05, 0.1) is 23.7 Å². The third-order valence-electron chi connectivity index (χ3n) is 4.91. The molecule has 2 aliphatic rings. The maximum atomic E-state index is 13.9. The summed E-state index contributed by atoms with van der Waals surface area (Å²) in [6.45, 7) is 0. The van der Waals surface area contributed by atoms with E-state index in [0.29, 0.717) is 17.7 Å². The first-order valence-electron chi connectivity index (χ1n) is 8.67. The van der Waals surface area contributed by atoms with Gasteiger partial charge in [-0.15, -0.1) is 0 Å². The molecule has 1 amide bonds. The van der Waals surface area contributed by atoms with Crippen LogP contribution >= 0.6 is 0 Å². The van der Waals surface area contributed by atoms with Crippen molar-refractivity contribution in [1.29, 1.82) is 0 Å². The molecule has 0 aromatic heterocycles. The molecule has 1 aromatic carbocycles. The second kappa shape index (κ2) is 7.07. The molecule has 5 nitrogen and oxygen atoms in total. The van der Waals surface area contributed by atoms with Gasteiger partial charge in [0.2, 0.25) is 5.91 Å². The molecule has 0 spiro atoms. The first-order valence-corrected chi connectivity index (χ1v) is 8.67. The highest BCUT2D eigenvalue weighted by Crippen LogP contribution is 2.45. The molecular formula is C19H23F2N3O2. The summed E-state index contributed by atoms with van der Waals surface area (Å²) in [5, 5.41) is 0. The minimum Gasteiger partial charge on any atom is -0.400 e. The van der Waals surface area contributed by atoms with Crippen LogP contribution in [0.25, 0.3) is 5.70 Å². The Balaban J connectivity index is 1.83. The number of carbonyl (C=O) groups excluding carboxylic acids is 1. The predicted molar refractivity (Wildman–Crippen MR) is 94.2 cm³/mol. The van der Waals surface area contributed by atoms with E-state index in [1.807, 2.05) is 0 Å². The van der Waals surface area contributed by atoms with Crippen molar-refractivity contribution < 1.29 is 18.3 Å². The van der Waals surface area contributed by atoms with Crippen LogP contribution in [0.1, 0.15) is 44.1 Å². The van der Waals surface area contributed by atoms with E-state index in [4.69, 9.17) is 21.9 Å². The van der Waals surface area contributed by atoms with Gasteiger partial charge in [-0.2, -0.15) is 0 Å². The standard InChI is InChI=1S/C19H23F2N3O2/c20-12-4-2-5-13(21)17(12)14(22)9-11-3-1-6-15(18(11)24)26-19(7-8-19)10-16(23)25/h2,4-5,9,15H,1,3,6-8,10,22,24H2,(H2,23,25)/b14-9-. The van der Waals surface area contributed by atoms with Crippen LogP contribution in [0.5, 0.6) is 0 Å². The Morgan fingerprint density at radius 2 is 1.92 bits per heavy atom. The van der Waals surface area contributed by atoms with Crippen LogP contribution in [0.3, 0.4) is 0 Å². The third kappa shape index (κ3) is 3.88. The number of nitrogens with two attached hydrogens (primary N) is 3. The molecule has 0 bridgehead atoms. The summed E-state index contributed by atoms with van der Waals surface area (Å²) in [7, 11) is 0. The van der Waals surface area contributed by atoms with E-state index in [2.05, 4.69) is 0 Å². The fourth-order valence-corrected chi connectivity index (χ4v) is 3.39. The Bertz CT molecular complexity index is 765. The number of amides is 1. The van der Waals surface area contributed by atoms with Gasteiger partial charge in [0.15, 0.2) is 0 Å². The van der Waals surface area contributed by atoms with Gasteiger partial charge >= 0.3 is 0 Å². The number of carbonyl (C=O) groups is 1. The Morgan fingerprint density at radius 3 is 2.50 bits per heavy atom. The molecule has 1 unspecified atom stereocenters. The lowest BCUT2D eigenvalue weighted by Crippen LogP contribution is -2.34. The van der Waals surface area contributed by atoms with Gasteiger partial charge in [-0.3, -0.25) is 4.79 Å². The van der Waals surface area contributed by atoms with E-state index in [1.165, 1.54) is 12.1 Å². The van der Waals surface area contributed by atoms with Crippen LogP contribution in [0.15, 0.2) is 35.5 Å². The first kappa shape index (κ1) is 18.4. The van der Waals surface area contributed by atoms with Gasteiger partial charge in [-0.25, -0.2) is 8.78 Å². The largest absolute Gasteiger partial charge is 0.400 e. The van der Waals surface area contributed by atoms with E-state index in [-0.39, 0.29) is 23.8 Å². The Kier molecular flexibility index (Phi) is 5.00. The van der Waals surface area contributed by atoms with E-state index < -0.39 is 23.1 Å². The Hall–Kier alpha value is -2.41. The van der Waals surface area contributed by atoms with Gasteiger partial charge in [0, 0.05) is 11.4 Å². The minimum atomic E-state index is -0.722. The van der Waals surface area contributed by atoms with Crippen molar-refractivity contribution in [3.05, 3.63) is 52.7 Å². The third-order valence-corrected chi connectivity index (χ3v) is 4.91. The van der Waals surface area contributed by atoms with Crippen LogP contribution in [-0.2, 0) is 9.53 Å². The van der Waals surface area contributed by atoms with Crippen LogP contribution in [0.2, 0.25) is 0 Å². The highest BCUT2D eigenvalue weighted by molar-refractivity contribution is 5.75. The molecule has 0 radical (unpaired) electrons. The number of rotatable bonds is 6. The molecule has 0 aliphatic heterocycles. The molecule has 140 valence electrons. The Labute approximate surface area is 150 Å². The average molecular weight is 363 g/mol. The molecule has 1 fully saturated rings. The first-order chi connectivity index (χ1) is 12.3. The highest BCUT2D eigenvalue weighted by Gasteiger charge is 2.47. The lowest BCUT2D eigenvalue weighted by molar-refractivity contribution is -0.123. The summed E-state index contributed by atoms with van der Waals surface area (Å²) < 4.78 is 33.9. The average Bonchev–Trinajstić information content (AvgIpc) is 3.29. The molecule has 3 rings (SSSR count). The van der Waals surface area contributed by atoms with Crippen molar-refractivity contribution in [3.8, 4) is 0 Å². The molecular weight excluding hydrogens is 340 g/mol. The number of allylic oxidation sites excluding steroid dienone is 2. The van der Waals surface area contributed by atoms with Crippen molar-refractivity contribution in [2.45, 2.75) is 50.2 Å². The van der Waals surface area contributed by atoms with Gasteiger partial charge in [-0.05, 0) is 55.9 Å². The minimum absolute atomic E-state index is 0.0162. The van der Waals surface area contributed by atoms with Crippen molar-refractivity contribution in [2.75, 3.05) is 0 Å². The maximum Gasteiger partial charge on any atom is 0.220 e. The summed E-state index contributed by atoms with van der Waals surface area (Å²) in [6.07, 6.45) is 5.04. The van der Waals surface area contributed by atoms with Crippen molar-refractivity contribution in [2.24, 2.45) is 17.2 Å². The highest BCUT2D eigenvalue weighted by atomic mass is 19.1. The molecule has 1 aromatic rings. The van der Waals surface area contributed by atoms with E-state index in [0.717, 1.165) is 37.8 Å². The molecule has 7 heteroatoms. The lowest BCUT2D eigenvalue weighted by atomic mass is 9.92. The molecule has 0 saturated heterocycles. The van der Waals surface area contributed by atoms with Crippen molar-refractivity contribution in [3.63, 3.8) is 0 Å². The number of halogens is 2. The zero-order valence-electron chi connectivity index (χ0n) is 14.4. The molecule has 1 atom stereocenters. The summed E-state index contributed by atoms with van der Waals surface area (Å²) in [5.74, 6) is -1.85. The SMILES string of the molecule is NC(=O)CC1(OC2CCCC(/C=C(\N)c3c(F)cccc3F)=C2N)CC1. The second-order valence-corrected chi connectivity index (χ2v) is 7.00. The molecule has 0 heterocycles. The van der Waals surface area contributed by atoms with E-state index >= 15 is 0 Å². The van der Waals surface area contributed by atoms with Crippen LogP contribution in [0.4, 0.5) is 8.78 Å². The molecule has 2 aliphatic carbocycles. The fourth-order valence-electron chi connectivity index (χ4n) is 3.39. The van der Waals surface area contributed by atoms with Crippen LogP contribution in [0, 0.1) is 11.6 Å². The zero-order chi connectivity index (χ0) is 18.9. The van der Waals surface area contributed by atoms with E-state index in [9.17, 15) is 13.6 Å². The van der Waals surface area contributed by atoms with Gasteiger partial charge < -0.3 is 21.9 Å². The molecule has 26 heavy (non-hydrogen) atoms. The summed E-state index contributed by atoms with van der Waals surface area (Å²) in [4.78, 5) is 11.2. The quantitative estimate of drug-likeness (QED) is 0.722. The predicted octanol–water partition coefficient (Wildman–Crippen LogP) is 2.45. The lowest BCUT2D eigenvalue weighted by Gasteiger charge is -2.29. The topological polar surface area (TPSA) is 104 Å². The molecule has 1 saturated carbocycles. The number of hydrogen-bond acceptors (Lipinski definition) is 4. The van der Waals surface area contributed by atoms with Crippen molar-refractivity contribution >= 4 is 11.6 Å². The second-order valence-electron chi connectivity index (χ2n) is 7.00. The Morgan fingerprint density at radius 1 is 1.27 bits per heavy atom. The summed E-state index contributed by atoms with van der Waals surface area (Å²) >= 11 is 0. The smallest absolute Gasteiger partial charge is 0.220 e. The number of primary amides is 1. The van der Waals surface area contributed by atoms with Gasteiger partial charge in [0.1, 0.15) is 11.6 Å². The van der Waals surface area contributed by atoms with Gasteiger partial charge in [0.25, 0.3) is 0 Å². The van der Waals surface area contributed by atoms with Crippen molar-refractivity contribution in [1.82, 2.24) is 0 Å². The monoisotopic (exact) mass is 363 g/mol. The summed E-state index contributed by atoms with van der Waals surface area (Å²) in [6, 6.07) is 3.60.